The summed E-state index contributed by atoms with van der Waals surface area (Å²) in [5, 5.41) is 3.98. The Labute approximate surface area is 63.1 Å². The van der Waals surface area contributed by atoms with Crippen LogP contribution in [0.2, 0.25) is 0 Å². The Morgan fingerprint density at radius 1 is 1.50 bits per heavy atom. The molecule has 0 saturated carbocycles. The summed E-state index contributed by atoms with van der Waals surface area (Å²) in [5.41, 5.74) is 0.845. The molecule has 2 aromatic heterocycles. The fourth-order valence-corrected chi connectivity index (χ4v) is 0.967. The van der Waals surface area contributed by atoms with Crippen LogP contribution in [0.15, 0.2) is 29.6 Å². The third kappa shape index (κ3) is 0.769. The van der Waals surface area contributed by atoms with Crippen LogP contribution in [0.5, 0.6) is 0 Å². The van der Waals surface area contributed by atoms with Gasteiger partial charge in [0.1, 0.15) is 0 Å². The summed E-state index contributed by atoms with van der Waals surface area (Å²) >= 11 is 4.11. The van der Waals surface area contributed by atoms with Crippen molar-refractivity contribution in [3.05, 3.63) is 24.7 Å². The van der Waals surface area contributed by atoms with Crippen molar-refractivity contribution in [2.45, 2.75) is 4.90 Å². The van der Waals surface area contributed by atoms with Crippen molar-refractivity contribution < 1.29 is 0 Å². The fraction of sp³-hybridized carbons (Fsp3) is 0. The second-order valence-corrected chi connectivity index (χ2v) is 2.46. The molecule has 0 amide bonds. The van der Waals surface area contributed by atoms with Crippen LogP contribution in [0.1, 0.15) is 0 Å². The van der Waals surface area contributed by atoms with Crippen LogP contribution in [0.25, 0.3) is 5.65 Å². The van der Waals surface area contributed by atoms with E-state index in [4.69, 9.17) is 0 Å². The largest absolute Gasteiger partial charge is 0.236 e. The van der Waals surface area contributed by atoms with Gasteiger partial charge in [-0.3, -0.25) is 0 Å². The zero-order valence-corrected chi connectivity index (χ0v) is 5.99. The summed E-state index contributed by atoms with van der Waals surface area (Å²) in [6.07, 6.45) is 5.21. The summed E-state index contributed by atoms with van der Waals surface area (Å²) in [4.78, 5) is 4.88. The summed E-state index contributed by atoms with van der Waals surface area (Å²) in [6, 6.07) is 1.84. The van der Waals surface area contributed by atoms with Crippen LogP contribution in [-0.2, 0) is 0 Å². The highest BCUT2D eigenvalue weighted by Crippen LogP contribution is 2.03. The Bertz CT molecular complexity index is 355. The number of hydrogen-bond donors (Lipinski definition) is 1. The highest BCUT2D eigenvalue weighted by Gasteiger charge is 1.92. The molecule has 2 heterocycles. The van der Waals surface area contributed by atoms with Gasteiger partial charge in [-0.1, -0.05) is 0 Å². The van der Waals surface area contributed by atoms with Crippen molar-refractivity contribution in [3.8, 4) is 0 Å². The quantitative estimate of drug-likeness (QED) is 0.570. The molecule has 0 spiro atoms. The molecule has 0 aliphatic rings. The monoisotopic (exact) mass is 151 g/mol. The normalized spacial score (nSPS) is 10.5. The first-order valence-electron chi connectivity index (χ1n) is 2.84. The predicted molar refractivity (Wildman–Crippen MR) is 40.2 cm³/mol. The van der Waals surface area contributed by atoms with E-state index < -0.39 is 0 Å². The predicted octanol–water partition coefficient (Wildman–Crippen LogP) is 1.02. The van der Waals surface area contributed by atoms with E-state index in [1.165, 1.54) is 0 Å². The maximum Gasteiger partial charge on any atom is 0.154 e. The lowest BCUT2D eigenvalue weighted by Crippen LogP contribution is -1.87. The molecule has 0 radical (unpaired) electrons. The Kier molecular flexibility index (Phi) is 1.14. The number of thiol groups is 1. The fourth-order valence-electron chi connectivity index (χ4n) is 0.800. The molecule has 0 bridgehead atoms. The van der Waals surface area contributed by atoms with Crippen LogP contribution in [0, 0.1) is 0 Å². The number of hydrogen-bond acceptors (Lipinski definition) is 3. The summed E-state index contributed by atoms with van der Waals surface area (Å²) in [6.45, 7) is 0. The van der Waals surface area contributed by atoms with Gasteiger partial charge in [0, 0.05) is 23.4 Å². The van der Waals surface area contributed by atoms with E-state index in [9.17, 15) is 0 Å². The smallest absolute Gasteiger partial charge is 0.154 e. The Morgan fingerprint density at radius 2 is 2.40 bits per heavy atom. The number of fused-ring (bicyclic) bond motifs is 1. The molecule has 0 unspecified atom stereocenters. The molecular formula is C6H5N3S. The highest BCUT2D eigenvalue weighted by molar-refractivity contribution is 7.80. The maximum atomic E-state index is 4.11. The van der Waals surface area contributed by atoms with E-state index in [0.29, 0.717) is 0 Å². The SMILES string of the molecule is Sc1cnc2ccnn2c1. The van der Waals surface area contributed by atoms with Gasteiger partial charge in [0.25, 0.3) is 0 Å². The van der Waals surface area contributed by atoms with Crippen molar-refractivity contribution in [1.82, 2.24) is 14.6 Å². The average molecular weight is 151 g/mol. The molecular weight excluding hydrogens is 146 g/mol. The van der Waals surface area contributed by atoms with Crippen molar-refractivity contribution in [1.29, 1.82) is 0 Å². The molecule has 10 heavy (non-hydrogen) atoms. The Hall–Kier alpha value is -1.03. The second kappa shape index (κ2) is 1.98. The van der Waals surface area contributed by atoms with Gasteiger partial charge in [-0.2, -0.15) is 5.10 Å². The minimum atomic E-state index is 0.816. The molecule has 4 heteroatoms. The van der Waals surface area contributed by atoms with Crippen LogP contribution in [-0.4, -0.2) is 14.6 Å². The second-order valence-electron chi connectivity index (χ2n) is 1.95. The molecule has 2 aromatic rings. The minimum absolute atomic E-state index is 0.816. The van der Waals surface area contributed by atoms with E-state index >= 15 is 0 Å². The number of aromatic nitrogens is 3. The lowest BCUT2D eigenvalue weighted by Gasteiger charge is -1.91. The van der Waals surface area contributed by atoms with E-state index in [-0.39, 0.29) is 0 Å². The van der Waals surface area contributed by atoms with E-state index in [0.717, 1.165) is 10.5 Å². The first-order valence-corrected chi connectivity index (χ1v) is 3.29. The molecule has 0 N–H and O–H groups in total. The van der Waals surface area contributed by atoms with Crippen LogP contribution in [0.4, 0.5) is 0 Å². The number of rotatable bonds is 0. The van der Waals surface area contributed by atoms with Crippen LogP contribution in [0.3, 0.4) is 0 Å². The maximum absolute atomic E-state index is 4.11. The van der Waals surface area contributed by atoms with Crippen LogP contribution >= 0.6 is 12.6 Å². The zero-order chi connectivity index (χ0) is 6.97. The van der Waals surface area contributed by atoms with Gasteiger partial charge in [0.05, 0.1) is 6.20 Å². The van der Waals surface area contributed by atoms with E-state index in [1.54, 1.807) is 16.9 Å². The van der Waals surface area contributed by atoms with Crippen molar-refractivity contribution in [2.75, 3.05) is 0 Å². The number of nitrogens with zero attached hydrogens (tertiary/aromatic N) is 3. The molecule has 3 nitrogen and oxygen atoms in total. The van der Waals surface area contributed by atoms with Crippen LogP contribution < -0.4 is 0 Å². The third-order valence-electron chi connectivity index (χ3n) is 1.23. The Morgan fingerprint density at radius 3 is 3.30 bits per heavy atom. The van der Waals surface area contributed by atoms with Gasteiger partial charge in [0.2, 0.25) is 0 Å². The van der Waals surface area contributed by atoms with E-state index in [1.807, 2.05) is 12.3 Å². The topological polar surface area (TPSA) is 30.2 Å². The van der Waals surface area contributed by atoms with Gasteiger partial charge in [-0.15, -0.1) is 12.6 Å². The molecule has 0 aliphatic carbocycles. The lowest BCUT2D eigenvalue weighted by atomic mass is 10.6. The summed E-state index contributed by atoms with van der Waals surface area (Å²) in [5.74, 6) is 0. The van der Waals surface area contributed by atoms with E-state index in [2.05, 4.69) is 22.7 Å². The van der Waals surface area contributed by atoms with Gasteiger partial charge >= 0.3 is 0 Å². The highest BCUT2D eigenvalue weighted by atomic mass is 32.1. The molecule has 0 aromatic carbocycles. The first-order chi connectivity index (χ1) is 4.86. The molecule has 2 rings (SSSR count). The van der Waals surface area contributed by atoms with Gasteiger partial charge < -0.3 is 0 Å². The standard InChI is InChI=1S/C6H5N3S/c10-5-3-7-6-1-2-8-9(6)4-5/h1-4,10H. The lowest BCUT2D eigenvalue weighted by molar-refractivity contribution is 0.914. The zero-order valence-electron chi connectivity index (χ0n) is 5.10. The average Bonchev–Trinajstić information content (AvgIpc) is 2.33. The third-order valence-corrected chi connectivity index (χ3v) is 1.46. The van der Waals surface area contributed by atoms with Gasteiger partial charge in [-0.05, 0) is 0 Å². The molecule has 0 atom stereocenters. The minimum Gasteiger partial charge on any atom is -0.236 e. The summed E-state index contributed by atoms with van der Waals surface area (Å²) < 4.78 is 1.68. The van der Waals surface area contributed by atoms with Gasteiger partial charge in [-0.25, -0.2) is 9.50 Å². The molecule has 0 aliphatic heterocycles. The molecule has 0 fully saturated rings. The molecule has 0 saturated heterocycles. The van der Waals surface area contributed by atoms with Crippen molar-refractivity contribution in [2.24, 2.45) is 0 Å². The van der Waals surface area contributed by atoms with Crippen molar-refractivity contribution in [3.63, 3.8) is 0 Å². The first kappa shape index (κ1) is 5.73. The van der Waals surface area contributed by atoms with Gasteiger partial charge in [0.15, 0.2) is 5.65 Å². The molecule has 50 valence electrons. The summed E-state index contributed by atoms with van der Waals surface area (Å²) in [7, 11) is 0. The Balaban J connectivity index is 2.86. The van der Waals surface area contributed by atoms with Crippen molar-refractivity contribution >= 4 is 18.3 Å².